The van der Waals surface area contributed by atoms with E-state index in [1.54, 1.807) is 18.2 Å². The van der Waals surface area contributed by atoms with E-state index in [1.807, 2.05) is 0 Å². The van der Waals surface area contributed by atoms with E-state index in [4.69, 9.17) is 16.0 Å². The molecule has 1 aromatic carbocycles. The fourth-order valence-corrected chi connectivity index (χ4v) is 3.05. The van der Waals surface area contributed by atoms with Crippen LogP contribution in [0.1, 0.15) is 42.5 Å². The van der Waals surface area contributed by atoms with Gasteiger partial charge in [-0.2, -0.15) is 0 Å². The van der Waals surface area contributed by atoms with Gasteiger partial charge in [0.05, 0.1) is 5.02 Å². The van der Waals surface area contributed by atoms with E-state index >= 15 is 0 Å². The molecular formula is C18H18ClNO3. The maximum atomic E-state index is 12.2. The molecule has 1 amide bonds. The molecule has 0 bridgehead atoms. The second kappa shape index (κ2) is 7.01. The Morgan fingerprint density at radius 1 is 1.30 bits per heavy atom. The van der Waals surface area contributed by atoms with Crippen molar-refractivity contribution < 1.29 is 9.21 Å². The smallest absolute Gasteiger partial charge is 0.349 e. The van der Waals surface area contributed by atoms with Crippen LogP contribution in [0.25, 0.3) is 11.0 Å². The normalized spacial score (nSPS) is 14.6. The number of para-hydroxylation sites is 1. The number of amides is 1. The molecule has 5 heteroatoms. The molecule has 0 fully saturated rings. The molecule has 0 saturated carbocycles. The number of rotatable bonds is 4. The zero-order valence-corrected chi connectivity index (χ0v) is 13.5. The van der Waals surface area contributed by atoms with Crippen LogP contribution in [-0.4, -0.2) is 12.5 Å². The van der Waals surface area contributed by atoms with Gasteiger partial charge in [0, 0.05) is 11.9 Å². The third-order valence-electron chi connectivity index (χ3n) is 4.07. The third kappa shape index (κ3) is 3.64. The molecule has 23 heavy (non-hydrogen) atoms. The van der Waals surface area contributed by atoms with E-state index in [1.165, 1.54) is 24.5 Å². The average molecular weight is 332 g/mol. The molecule has 0 aliphatic heterocycles. The molecule has 0 atom stereocenters. The first-order chi connectivity index (χ1) is 11.1. The van der Waals surface area contributed by atoms with Crippen molar-refractivity contribution in [1.29, 1.82) is 0 Å². The first kappa shape index (κ1) is 15.8. The Kier molecular flexibility index (Phi) is 4.82. The summed E-state index contributed by atoms with van der Waals surface area (Å²) in [6.45, 7) is 0.525. The van der Waals surface area contributed by atoms with Crippen molar-refractivity contribution in [2.75, 3.05) is 6.54 Å². The lowest BCUT2D eigenvalue weighted by Crippen LogP contribution is -2.29. The molecule has 120 valence electrons. The van der Waals surface area contributed by atoms with Crippen molar-refractivity contribution in [1.82, 2.24) is 5.32 Å². The van der Waals surface area contributed by atoms with Crippen LogP contribution in [0.2, 0.25) is 5.02 Å². The molecule has 1 aliphatic carbocycles. The van der Waals surface area contributed by atoms with Crippen LogP contribution in [0, 0.1) is 0 Å². The van der Waals surface area contributed by atoms with Crippen molar-refractivity contribution in [2.24, 2.45) is 0 Å². The fraction of sp³-hybridized carbons (Fsp3) is 0.333. The summed E-state index contributed by atoms with van der Waals surface area (Å²) in [7, 11) is 0. The highest BCUT2D eigenvalue weighted by Gasteiger charge is 2.14. The molecule has 0 saturated heterocycles. The summed E-state index contributed by atoms with van der Waals surface area (Å²) in [6.07, 6.45) is 7.77. The van der Waals surface area contributed by atoms with Gasteiger partial charge in [0.25, 0.3) is 5.91 Å². The molecule has 1 N–H and O–H groups in total. The number of nitrogens with one attached hydrogen (secondary N) is 1. The van der Waals surface area contributed by atoms with Crippen molar-refractivity contribution in [3.63, 3.8) is 0 Å². The second-order valence-electron chi connectivity index (χ2n) is 5.72. The molecule has 1 aliphatic rings. The van der Waals surface area contributed by atoms with E-state index in [0.29, 0.717) is 22.5 Å². The molecule has 0 spiro atoms. The van der Waals surface area contributed by atoms with Gasteiger partial charge in [0.15, 0.2) is 5.58 Å². The topological polar surface area (TPSA) is 59.3 Å². The third-order valence-corrected chi connectivity index (χ3v) is 4.37. The Morgan fingerprint density at radius 3 is 2.96 bits per heavy atom. The predicted octanol–water partition coefficient (Wildman–Crippen LogP) is 4.07. The van der Waals surface area contributed by atoms with Crippen molar-refractivity contribution in [3.05, 3.63) is 56.9 Å². The van der Waals surface area contributed by atoms with Crippen LogP contribution in [-0.2, 0) is 0 Å². The van der Waals surface area contributed by atoms with E-state index in [9.17, 15) is 9.59 Å². The maximum absolute atomic E-state index is 12.2. The summed E-state index contributed by atoms with van der Waals surface area (Å²) in [5.74, 6) is -0.406. The van der Waals surface area contributed by atoms with Crippen LogP contribution in [0.4, 0.5) is 0 Å². The number of hydrogen-bond donors (Lipinski definition) is 1. The molecule has 2 aromatic rings. The number of allylic oxidation sites excluding steroid dienone is 1. The minimum absolute atomic E-state index is 0.0115. The highest BCUT2D eigenvalue weighted by Crippen LogP contribution is 2.22. The van der Waals surface area contributed by atoms with Crippen molar-refractivity contribution in [2.45, 2.75) is 32.1 Å². The van der Waals surface area contributed by atoms with Gasteiger partial charge in [0.1, 0.15) is 5.56 Å². The van der Waals surface area contributed by atoms with Gasteiger partial charge in [-0.05, 0) is 44.2 Å². The van der Waals surface area contributed by atoms with E-state index < -0.39 is 11.5 Å². The minimum atomic E-state index is -0.667. The number of benzene rings is 1. The average Bonchev–Trinajstić information content (AvgIpc) is 2.56. The zero-order valence-electron chi connectivity index (χ0n) is 12.7. The van der Waals surface area contributed by atoms with Crippen LogP contribution in [0.3, 0.4) is 0 Å². The van der Waals surface area contributed by atoms with Gasteiger partial charge in [-0.15, -0.1) is 0 Å². The van der Waals surface area contributed by atoms with Gasteiger partial charge in [-0.3, -0.25) is 4.79 Å². The van der Waals surface area contributed by atoms with E-state index in [-0.39, 0.29) is 5.56 Å². The summed E-state index contributed by atoms with van der Waals surface area (Å²) in [6, 6.07) is 6.68. The first-order valence-corrected chi connectivity index (χ1v) is 8.21. The van der Waals surface area contributed by atoms with Gasteiger partial charge >= 0.3 is 5.63 Å². The number of fused-ring (bicyclic) bond motifs is 1. The van der Waals surface area contributed by atoms with Crippen LogP contribution in [0.5, 0.6) is 0 Å². The Hall–Kier alpha value is -2.07. The highest BCUT2D eigenvalue weighted by atomic mass is 35.5. The van der Waals surface area contributed by atoms with Crippen LogP contribution in [0.15, 0.2) is 45.1 Å². The van der Waals surface area contributed by atoms with E-state index in [2.05, 4.69) is 11.4 Å². The van der Waals surface area contributed by atoms with Crippen LogP contribution < -0.4 is 10.9 Å². The molecular weight excluding hydrogens is 314 g/mol. The minimum Gasteiger partial charge on any atom is -0.421 e. The Morgan fingerprint density at radius 2 is 2.17 bits per heavy atom. The molecule has 0 radical (unpaired) electrons. The number of hydrogen-bond acceptors (Lipinski definition) is 3. The van der Waals surface area contributed by atoms with Gasteiger partial charge in [-0.25, -0.2) is 4.79 Å². The van der Waals surface area contributed by atoms with Gasteiger partial charge < -0.3 is 9.73 Å². The summed E-state index contributed by atoms with van der Waals surface area (Å²) in [5.41, 5.74) is 1.04. The molecule has 1 aromatic heterocycles. The van der Waals surface area contributed by atoms with Gasteiger partial charge in [0.2, 0.25) is 0 Å². The highest BCUT2D eigenvalue weighted by molar-refractivity contribution is 6.34. The lowest BCUT2D eigenvalue weighted by atomic mass is 9.97. The van der Waals surface area contributed by atoms with E-state index in [0.717, 1.165) is 19.3 Å². The second-order valence-corrected chi connectivity index (χ2v) is 6.13. The number of carbonyl (C=O) groups excluding carboxylic acids is 1. The molecule has 0 unspecified atom stereocenters. The Bertz CT molecular complexity index is 823. The lowest BCUT2D eigenvalue weighted by Gasteiger charge is -2.12. The quantitative estimate of drug-likeness (QED) is 0.678. The Labute approximate surface area is 139 Å². The first-order valence-electron chi connectivity index (χ1n) is 7.83. The molecule has 4 nitrogen and oxygen atoms in total. The standard InChI is InChI=1S/C18H18ClNO3/c19-15-8-4-7-13-11-14(18(22)23-16(13)15)17(21)20-10-9-12-5-2-1-3-6-12/h4-5,7-8,11H,1-3,6,9-10H2,(H,20,21). The predicted molar refractivity (Wildman–Crippen MR) is 91.0 cm³/mol. The summed E-state index contributed by atoms with van der Waals surface area (Å²) in [5, 5.41) is 3.79. The lowest BCUT2D eigenvalue weighted by molar-refractivity contribution is 0.0950. The number of carbonyl (C=O) groups is 1. The summed E-state index contributed by atoms with van der Waals surface area (Å²) < 4.78 is 5.18. The monoisotopic (exact) mass is 331 g/mol. The Balaban J connectivity index is 1.72. The molecule has 3 rings (SSSR count). The molecule has 1 heterocycles. The fourth-order valence-electron chi connectivity index (χ4n) is 2.83. The van der Waals surface area contributed by atoms with Crippen LogP contribution >= 0.6 is 11.6 Å². The van der Waals surface area contributed by atoms with Gasteiger partial charge in [-0.1, -0.05) is 35.4 Å². The SMILES string of the molecule is O=C(NCCC1=CCCCC1)c1cc2cccc(Cl)c2oc1=O. The van der Waals surface area contributed by atoms with Crippen molar-refractivity contribution in [3.8, 4) is 0 Å². The number of halogens is 1. The zero-order chi connectivity index (χ0) is 16.2. The largest absolute Gasteiger partial charge is 0.421 e. The maximum Gasteiger partial charge on any atom is 0.349 e. The summed E-state index contributed by atoms with van der Waals surface area (Å²) >= 11 is 5.99. The van der Waals surface area contributed by atoms with Crippen molar-refractivity contribution >= 4 is 28.5 Å². The summed E-state index contributed by atoms with van der Waals surface area (Å²) in [4.78, 5) is 24.2.